The van der Waals surface area contributed by atoms with Crippen LogP contribution in [-0.2, 0) is 9.53 Å². The summed E-state index contributed by atoms with van der Waals surface area (Å²) in [7, 11) is 0. The molecule has 0 radical (unpaired) electrons. The van der Waals surface area contributed by atoms with Crippen LogP contribution < -0.4 is 4.74 Å². The van der Waals surface area contributed by atoms with Gasteiger partial charge in [-0.3, -0.25) is 0 Å². The molecule has 1 aromatic carbocycles. The highest BCUT2D eigenvalue weighted by atomic mass is 19.1. The molecule has 0 aliphatic carbocycles. The molecule has 0 unspecified atom stereocenters. The number of esters is 1. The fourth-order valence-electron chi connectivity index (χ4n) is 1.62. The maximum atomic E-state index is 13.6. The summed E-state index contributed by atoms with van der Waals surface area (Å²) in [6.07, 6.45) is 1.49. The molecule has 0 aromatic heterocycles. The van der Waals surface area contributed by atoms with Gasteiger partial charge in [0.05, 0.1) is 11.1 Å². The molecule has 0 saturated heterocycles. The first-order valence-corrected chi connectivity index (χ1v) is 5.72. The zero-order valence-corrected chi connectivity index (χ0v) is 10.6. The standard InChI is InChI=1S/C14H15FO3/c1-14(2,3)18-13(16)9-7-10-11(15)5-4-6-12(10)17-8-9/h4-7H,8H2,1-3H3. The zero-order valence-electron chi connectivity index (χ0n) is 10.6. The number of halogens is 1. The van der Waals surface area contributed by atoms with Crippen LogP contribution in [0.5, 0.6) is 5.75 Å². The summed E-state index contributed by atoms with van der Waals surface area (Å²) < 4.78 is 24.1. The van der Waals surface area contributed by atoms with E-state index in [9.17, 15) is 9.18 Å². The molecule has 4 heteroatoms. The maximum Gasteiger partial charge on any atom is 0.338 e. The van der Waals surface area contributed by atoms with E-state index in [4.69, 9.17) is 9.47 Å². The Labute approximate surface area is 105 Å². The van der Waals surface area contributed by atoms with Gasteiger partial charge in [0.2, 0.25) is 0 Å². The third kappa shape index (κ3) is 2.70. The van der Waals surface area contributed by atoms with Crippen LogP contribution in [0.2, 0.25) is 0 Å². The van der Waals surface area contributed by atoms with Gasteiger partial charge in [-0.1, -0.05) is 6.07 Å². The molecule has 1 aromatic rings. The lowest BCUT2D eigenvalue weighted by Gasteiger charge is -2.22. The minimum Gasteiger partial charge on any atom is -0.488 e. The van der Waals surface area contributed by atoms with Crippen LogP contribution in [0.1, 0.15) is 26.3 Å². The van der Waals surface area contributed by atoms with Gasteiger partial charge in [-0.15, -0.1) is 0 Å². The summed E-state index contributed by atoms with van der Waals surface area (Å²) in [5, 5.41) is 0. The number of carbonyl (C=O) groups is 1. The number of rotatable bonds is 1. The molecule has 0 bridgehead atoms. The molecule has 2 rings (SSSR count). The monoisotopic (exact) mass is 250 g/mol. The molecule has 0 amide bonds. The van der Waals surface area contributed by atoms with E-state index in [1.54, 1.807) is 32.9 Å². The number of benzene rings is 1. The van der Waals surface area contributed by atoms with Crippen LogP contribution >= 0.6 is 0 Å². The van der Waals surface area contributed by atoms with E-state index in [0.29, 0.717) is 16.9 Å². The summed E-state index contributed by atoms with van der Waals surface area (Å²) in [6.45, 7) is 5.45. The molecular weight excluding hydrogens is 235 g/mol. The first-order valence-electron chi connectivity index (χ1n) is 5.72. The van der Waals surface area contributed by atoms with Crippen LogP contribution in [0.25, 0.3) is 6.08 Å². The molecule has 96 valence electrons. The lowest BCUT2D eigenvalue weighted by Crippen LogP contribution is -2.27. The first-order chi connectivity index (χ1) is 8.37. The van der Waals surface area contributed by atoms with Crippen molar-refractivity contribution in [3.8, 4) is 5.75 Å². The minimum absolute atomic E-state index is 0.103. The zero-order chi connectivity index (χ0) is 13.3. The maximum absolute atomic E-state index is 13.6. The molecular formula is C14H15FO3. The summed E-state index contributed by atoms with van der Waals surface area (Å²) in [5.74, 6) is -0.438. The second kappa shape index (κ2) is 4.44. The fraction of sp³-hybridized carbons (Fsp3) is 0.357. The fourth-order valence-corrected chi connectivity index (χ4v) is 1.62. The van der Waals surface area contributed by atoms with E-state index in [1.807, 2.05) is 0 Å². The van der Waals surface area contributed by atoms with E-state index in [0.717, 1.165) is 0 Å². The molecule has 1 aliphatic heterocycles. The van der Waals surface area contributed by atoms with Crippen molar-refractivity contribution in [2.75, 3.05) is 6.61 Å². The Kier molecular flexibility index (Phi) is 3.11. The van der Waals surface area contributed by atoms with Crippen LogP contribution in [-0.4, -0.2) is 18.2 Å². The van der Waals surface area contributed by atoms with Crippen molar-refractivity contribution in [1.82, 2.24) is 0 Å². The minimum atomic E-state index is -0.576. The van der Waals surface area contributed by atoms with E-state index < -0.39 is 17.4 Å². The number of hydrogen-bond acceptors (Lipinski definition) is 3. The van der Waals surface area contributed by atoms with Gasteiger partial charge >= 0.3 is 5.97 Å². The number of hydrogen-bond donors (Lipinski definition) is 0. The molecule has 3 nitrogen and oxygen atoms in total. The van der Waals surface area contributed by atoms with Crippen molar-refractivity contribution < 1.29 is 18.7 Å². The Hall–Kier alpha value is -1.84. The molecule has 0 fully saturated rings. The number of ether oxygens (including phenoxy) is 2. The second-order valence-corrected chi connectivity index (χ2v) is 5.11. The SMILES string of the molecule is CC(C)(C)OC(=O)C1=Cc2c(F)cccc2OC1. The second-order valence-electron chi connectivity index (χ2n) is 5.11. The third-order valence-electron chi connectivity index (χ3n) is 2.38. The predicted octanol–water partition coefficient (Wildman–Crippen LogP) is 2.94. The van der Waals surface area contributed by atoms with Gasteiger partial charge in [0.1, 0.15) is 23.8 Å². The van der Waals surface area contributed by atoms with Gasteiger partial charge in [-0.2, -0.15) is 0 Å². The topological polar surface area (TPSA) is 35.5 Å². The van der Waals surface area contributed by atoms with Crippen molar-refractivity contribution in [3.63, 3.8) is 0 Å². The quantitative estimate of drug-likeness (QED) is 0.719. The number of carbonyl (C=O) groups excluding carboxylic acids is 1. The molecule has 1 heterocycles. The third-order valence-corrected chi connectivity index (χ3v) is 2.38. The van der Waals surface area contributed by atoms with Crippen molar-refractivity contribution in [3.05, 3.63) is 35.2 Å². The Morgan fingerprint density at radius 2 is 2.11 bits per heavy atom. The first kappa shape index (κ1) is 12.6. The van der Waals surface area contributed by atoms with Crippen LogP contribution in [0, 0.1) is 5.82 Å². The van der Waals surface area contributed by atoms with Crippen molar-refractivity contribution in [1.29, 1.82) is 0 Å². The summed E-state index contributed by atoms with van der Waals surface area (Å²) in [5.41, 5.74) is 0.0418. The highest BCUT2D eigenvalue weighted by Crippen LogP contribution is 2.29. The lowest BCUT2D eigenvalue weighted by molar-refractivity contribution is -0.150. The Bertz CT molecular complexity index is 512. The van der Waals surface area contributed by atoms with E-state index in [1.165, 1.54) is 12.1 Å². The van der Waals surface area contributed by atoms with Gasteiger partial charge in [0.25, 0.3) is 0 Å². The highest BCUT2D eigenvalue weighted by molar-refractivity contribution is 5.95. The Morgan fingerprint density at radius 3 is 2.78 bits per heavy atom. The Morgan fingerprint density at radius 1 is 1.39 bits per heavy atom. The smallest absolute Gasteiger partial charge is 0.338 e. The Balaban J connectivity index is 2.28. The van der Waals surface area contributed by atoms with E-state index in [2.05, 4.69) is 0 Å². The molecule has 0 N–H and O–H groups in total. The largest absolute Gasteiger partial charge is 0.488 e. The molecule has 1 aliphatic rings. The van der Waals surface area contributed by atoms with Gasteiger partial charge in [0, 0.05) is 0 Å². The van der Waals surface area contributed by atoms with E-state index >= 15 is 0 Å². The van der Waals surface area contributed by atoms with E-state index in [-0.39, 0.29) is 6.61 Å². The van der Waals surface area contributed by atoms with Crippen molar-refractivity contribution in [2.45, 2.75) is 26.4 Å². The van der Waals surface area contributed by atoms with Crippen LogP contribution in [0.3, 0.4) is 0 Å². The van der Waals surface area contributed by atoms with Gasteiger partial charge in [0.15, 0.2) is 0 Å². The summed E-state index contributed by atoms with van der Waals surface area (Å²) in [6, 6.07) is 4.57. The number of fused-ring (bicyclic) bond motifs is 1. The summed E-state index contributed by atoms with van der Waals surface area (Å²) in [4.78, 5) is 11.8. The molecule has 0 atom stereocenters. The van der Waals surface area contributed by atoms with Gasteiger partial charge < -0.3 is 9.47 Å². The average Bonchev–Trinajstić information content (AvgIpc) is 2.27. The van der Waals surface area contributed by atoms with Gasteiger partial charge in [-0.25, -0.2) is 9.18 Å². The lowest BCUT2D eigenvalue weighted by atomic mass is 10.1. The van der Waals surface area contributed by atoms with Crippen LogP contribution in [0.15, 0.2) is 23.8 Å². The predicted molar refractivity (Wildman–Crippen MR) is 65.7 cm³/mol. The highest BCUT2D eigenvalue weighted by Gasteiger charge is 2.24. The normalized spacial score (nSPS) is 14.3. The molecule has 18 heavy (non-hydrogen) atoms. The molecule has 0 saturated carbocycles. The van der Waals surface area contributed by atoms with Crippen molar-refractivity contribution in [2.24, 2.45) is 0 Å². The summed E-state index contributed by atoms with van der Waals surface area (Å²) >= 11 is 0. The van der Waals surface area contributed by atoms with Crippen molar-refractivity contribution >= 4 is 12.0 Å². The average molecular weight is 250 g/mol. The molecule has 0 spiro atoms. The van der Waals surface area contributed by atoms with Crippen LogP contribution in [0.4, 0.5) is 4.39 Å². The van der Waals surface area contributed by atoms with Gasteiger partial charge in [-0.05, 0) is 39.0 Å².